The Balaban J connectivity index is 3.30. The molecule has 3 nitrogen and oxygen atoms in total. The molecule has 0 heterocycles. The summed E-state index contributed by atoms with van der Waals surface area (Å²) in [5.74, 6) is 0.859. The Bertz CT molecular complexity index is 240. The van der Waals surface area contributed by atoms with Crippen molar-refractivity contribution < 1.29 is 14.5 Å². The maximum Gasteiger partial charge on any atom is 0.275 e. The van der Waals surface area contributed by atoms with Gasteiger partial charge < -0.3 is 4.89 Å². The Morgan fingerprint density at radius 2 is 1.53 bits per heavy atom. The molecule has 19 heavy (non-hydrogen) atoms. The van der Waals surface area contributed by atoms with Gasteiger partial charge in [0.05, 0.1) is 6.61 Å². The van der Waals surface area contributed by atoms with E-state index >= 15 is 0 Å². The minimum Gasteiger partial charge on any atom is -0.336 e. The molecule has 116 valence electrons. The van der Waals surface area contributed by atoms with Crippen LogP contribution in [0.2, 0.25) is 0 Å². The Kier molecular flexibility index (Phi) is 14.5. The quantitative estimate of drug-likeness (QED) is 0.199. The van der Waals surface area contributed by atoms with Gasteiger partial charge in [0, 0.05) is 5.75 Å². The minimum absolute atomic E-state index is 0.483. The van der Waals surface area contributed by atoms with Crippen molar-refractivity contribution in [1.82, 2.24) is 0 Å². The Hall–Kier alpha value is 0.880. The van der Waals surface area contributed by atoms with Crippen LogP contribution in [0.25, 0.3) is 0 Å². The lowest BCUT2D eigenvalue weighted by Crippen LogP contribution is -1.92. The first kappa shape index (κ1) is 19.9. The fourth-order valence-electron chi connectivity index (χ4n) is 1.62. The largest absolute Gasteiger partial charge is 0.336 e. The van der Waals surface area contributed by atoms with E-state index in [4.69, 9.17) is 21.4 Å². The summed E-state index contributed by atoms with van der Waals surface area (Å²) < 4.78 is 4.89. The van der Waals surface area contributed by atoms with E-state index in [2.05, 4.69) is 6.92 Å². The van der Waals surface area contributed by atoms with Gasteiger partial charge >= 0.3 is 0 Å². The van der Waals surface area contributed by atoms with E-state index in [0.717, 1.165) is 18.6 Å². The van der Waals surface area contributed by atoms with Gasteiger partial charge in [-0.05, 0) is 24.6 Å². The summed E-state index contributed by atoms with van der Waals surface area (Å²) in [6, 6.07) is 0. The summed E-state index contributed by atoms with van der Waals surface area (Å²) in [7, 11) is 0. The molecule has 0 fully saturated rings. The fraction of sp³-hybridized carbons (Fsp3) is 1.00. The standard InChI is InChI=1S/C13H29O3PS2/c1-3-5-6-7-8-9-10-11-13-19-17(14,18)16-15-12-4-2/h3-13H2,1-2H3,(H,14,18). The Morgan fingerprint density at radius 3 is 2.11 bits per heavy atom. The predicted octanol–water partition coefficient (Wildman–Crippen LogP) is 5.44. The van der Waals surface area contributed by atoms with E-state index in [0.29, 0.717) is 6.61 Å². The van der Waals surface area contributed by atoms with Gasteiger partial charge in [-0.3, -0.25) is 0 Å². The third kappa shape index (κ3) is 15.1. The topological polar surface area (TPSA) is 38.7 Å². The summed E-state index contributed by atoms with van der Waals surface area (Å²) in [5, 5.41) is 0. The molecule has 0 aromatic rings. The molecule has 0 radical (unpaired) electrons. The van der Waals surface area contributed by atoms with Crippen molar-refractivity contribution in [3.8, 4) is 0 Å². The number of rotatable bonds is 14. The van der Waals surface area contributed by atoms with Gasteiger partial charge in [0.1, 0.15) is 0 Å². The van der Waals surface area contributed by atoms with Crippen LogP contribution >= 0.6 is 17.1 Å². The molecule has 0 aliphatic rings. The second kappa shape index (κ2) is 13.8. The molecule has 0 aromatic heterocycles. The van der Waals surface area contributed by atoms with Crippen molar-refractivity contribution in [2.75, 3.05) is 12.4 Å². The highest BCUT2D eigenvalue weighted by Gasteiger charge is 2.15. The highest BCUT2D eigenvalue weighted by atomic mass is 32.9. The van der Waals surface area contributed by atoms with Crippen molar-refractivity contribution in [2.45, 2.75) is 71.6 Å². The first-order valence-corrected chi connectivity index (χ1v) is 11.7. The first-order valence-electron chi connectivity index (χ1n) is 7.41. The monoisotopic (exact) mass is 328 g/mol. The van der Waals surface area contributed by atoms with Crippen LogP contribution in [0.1, 0.15) is 71.6 Å². The number of hydrogen-bond acceptors (Lipinski definition) is 4. The molecule has 0 spiro atoms. The molecule has 0 aliphatic carbocycles. The summed E-state index contributed by atoms with van der Waals surface area (Å²) in [5.41, 5.74) is -2.76. The summed E-state index contributed by atoms with van der Waals surface area (Å²) in [4.78, 5) is 14.6. The van der Waals surface area contributed by atoms with Crippen molar-refractivity contribution in [3.05, 3.63) is 0 Å². The number of hydrogen-bond donors (Lipinski definition) is 1. The zero-order valence-electron chi connectivity index (χ0n) is 12.3. The third-order valence-corrected chi connectivity index (χ3v) is 6.62. The molecule has 1 atom stereocenters. The molecular weight excluding hydrogens is 299 g/mol. The Morgan fingerprint density at radius 1 is 0.947 bits per heavy atom. The maximum atomic E-state index is 9.78. The van der Waals surface area contributed by atoms with Gasteiger partial charge in [0.2, 0.25) is 0 Å². The van der Waals surface area contributed by atoms with Crippen molar-refractivity contribution >= 4 is 28.9 Å². The minimum atomic E-state index is -2.76. The van der Waals surface area contributed by atoms with E-state index in [1.807, 2.05) is 6.92 Å². The highest BCUT2D eigenvalue weighted by molar-refractivity contribution is 8.67. The average molecular weight is 328 g/mol. The smallest absolute Gasteiger partial charge is 0.275 e. The fourth-order valence-corrected chi connectivity index (χ4v) is 4.58. The van der Waals surface area contributed by atoms with Crippen LogP contribution < -0.4 is 0 Å². The van der Waals surface area contributed by atoms with Crippen molar-refractivity contribution in [3.63, 3.8) is 0 Å². The van der Waals surface area contributed by atoms with Crippen LogP contribution in [0.4, 0.5) is 0 Å². The van der Waals surface area contributed by atoms with Gasteiger partial charge in [-0.1, -0.05) is 70.2 Å². The molecule has 0 rings (SSSR count). The van der Waals surface area contributed by atoms with E-state index < -0.39 is 5.69 Å². The molecule has 0 bridgehead atoms. The molecular formula is C13H29O3PS2. The van der Waals surface area contributed by atoms with Gasteiger partial charge in [0.15, 0.2) is 0 Å². The zero-order chi connectivity index (χ0) is 14.4. The molecule has 0 aliphatic heterocycles. The number of unbranched alkanes of at least 4 members (excludes halogenated alkanes) is 7. The lowest BCUT2D eigenvalue weighted by atomic mass is 10.1. The molecule has 0 saturated heterocycles. The molecule has 6 heteroatoms. The van der Waals surface area contributed by atoms with Gasteiger partial charge in [0.25, 0.3) is 5.69 Å². The zero-order valence-corrected chi connectivity index (χ0v) is 14.8. The molecule has 1 unspecified atom stereocenters. The SMILES string of the molecule is CCCCCCCCCCSP(O)(=S)OOCCC. The van der Waals surface area contributed by atoms with Gasteiger partial charge in [-0.2, -0.15) is 4.67 Å². The normalized spacial score (nSPS) is 14.5. The Labute approximate surface area is 127 Å². The summed E-state index contributed by atoms with van der Waals surface area (Å²) in [6.45, 7) is 4.71. The lowest BCUT2D eigenvalue weighted by Gasteiger charge is -2.13. The summed E-state index contributed by atoms with van der Waals surface area (Å²) >= 11 is 6.32. The molecule has 0 aromatic carbocycles. The van der Waals surface area contributed by atoms with Gasteiger partial charge in [-0.25, -0.2) is 4.89 Å². The summed E-state index contributed by atoms with van der Waals surface area (Å²) in [6.07, 6.45) is 11.2. The average Bonchev–Trinajstić information content (AvgIpc) is 2.37. The second-order valence-electron chi connectivity index (χ2n) is 4.67. The van der Waals surface area contributed by atoms with Crippen LogP contribution in [-0.2, 0) is 21.4 Å². The van der Waals surface area contributed by atoms with Crippen LogP contribution in [-0.4, -0.2) is 17.3 Å². The van der Waals surface area contributed by atoms with Crippen molar-refractivity contribution in [2.24, 2.45) is 0 Å². The third-order valence-electron chi connectivity index (χ3n) is 2.69. The second-order valence-corrected chi connectivity index (χ2v) is 10.9. The van der Waals surface area contributed by atoms with E-state index in [9.17, 15) is 4.89 Å². The predicted molar refractivity (Wildman–Crippen MR) is 88.9 cm³/mol. The van der Waals surface area contributed by atoms with E-state index in [1.165, 1.54) is 56.3 Å². The van der Waals surface area contributed by atoms with Crippen LogP contribution in [0.15, 0.2) is 0 Å². The first-order chi connectivity index (χ1) is 9.12. The van der Waals surface area contributed by atoms with Crippen LogP contribution in [0.5, 0.6) is 0 Å². The van der Waals surface area contributed by atoms with Crippen molar-refractivity contribution in [1.29, 1.82) is 0 Å². The molecule has 1 N–H and O–H groups in total. The molecule has 0 amide bonds. The maximum absolute atomic E-state index is 9.78. The van der Waals surface area contributed by atoms with Crippen LogP contribution in [0.3, 0.4) is 0 Å². The van der Waals surface area contributed by atoms with E-state index in [-0.39, 0.29) is 0 Å². The van der Waals surface area contributed by atoms with Gasteiger partial charge in [-0.15, -0.1) is 0 Å². The van der Waals surface area contributed by atoms with E-state index in [1.54, 1.807) is 0 Å². The lowest BCUT2D eigenvalue weighted by molar-refractivity contribution is -0.203. The highest BCUT2D eigenvalue weighted by Crippen LogP contribution is 2.56. The van der Waals surface area contributed by atoms with Crippen LogP contribution in [0, 0.1) is 0 Å². The molecule has 0 saturated carbocycles.